The maximum atomic E-state index is 15.9. The Labute approximate surface area is 225 Å². The van der Waals surface area contributed by atoms with Crippen LogP contribution in [-0.4, -0.2) is 73.5 Å². The van der Waals surface area contributed by atoms with Crippen molar-refractivity contribution in [3.05, 3.63) is 47.0 Å². The number of halogens is 8. The van der Waals surface area contributed by atoms with Gasteiger partial charge in [-0.25, -0.2) is 18.3 Å². The standard InChI is InChI=1S/C24H22F8N6O3/c1-3-10-4-5-11(15-6-12(23(27,28)29)18-19(33)34-9-35-38(15)18)17(26)16(10)20(39)36-14-8-37(7-13(14)25)21(40)22(2,41)24(30,31)32/h4-6,9,13-14,41H,3,7-8H2,1-2H3,(H,36,39)(H2,33,34,35)/t13-,14+,22?/m0/s1. The minimum atomic E-state index is -5.36. The molecule has 0 spiro atoms. The first-order valence-electron chi connectivity index (χ1n) is 11.9. The van der Waals surface area contributed by atoms with E-state index in [4.69, 9.17) is 5.73 Å². The number of anilines is 1. The van der Waals surface area contributed by atoms with Crippen molar-refractivity contribution < 1.29 is 49.8 Å². The van der Waals surface area contributed by atoms with Gasteiger partial charge in [-0.1, -0.05) is 13.0 Å². The zero-order chi connectivity index (χ0) is 30.7. The smallest absolute Gasteiger partial charge is 0.382 e. The molecule has 0 bridgehead atoms. The van der Waals surface area contributed by atoms with Gasteiger partial charge in [0.2, 0.25) is 5.60 Å². The Morgan fingerprint density at radius 1 is 1.17 bits per heavy atom. The third-order valence-corrected chi connectivity index (χ3v) is 6.82. The van der Waals surface area contributed by atoms with Gasteiger partial charge in [-0.15, -0.1) is 0 Å². The van der Waals surface area contributed by atoms with Crippen molar-refractivity contribution in [3.8, 4) is 11.3 Å². The molecule has 17 heteroatoms. The molecule has 3 aromatic rings. The summed E-state index contributed by atoms with van der Waals surface area (Å²) in [6.45, 7) is 0.0868. The first-order chi connectivity index (χ1) is 18.9. The van der Waals surface area contributed by atoms with Crippen LogP contribution in [-0.2, 0) is 17.4 Å². The van der Waals surface area contributed by atoms with Crippen LogP contribution in [0.2, 0.25) is 0 Å². The van der Waals surface area contributed by atoms with Gasteiger partial charge in [0, 0.05) is 12.1 Å². The number of aromatic nitrogens is 3. The summed E-state index contributed by atoms with van der Waals surface area (Å²) in [5, 5.41) is 15.5. The maximum absolute atomic E-state index is 15.9. The second kappa shape index (κ2) is 10.1. The fourth-order valence-corrected chi connectivity index (χ4v) is 4.57. The molecule has 0 radical (unpaired) electrons. The molecular weight excluding hydrogens is 572 g/mol. The summed E-state index contributed by atoms with van der Waals surface area (Å²) in [7, 11) is 0. The predicted octanol–water partition coefficient (Wildman–Crippen LogP) is 3.29. The number of likely N-dealkylation sites (tertiary alicyclic amines) is 1. The molecule has 2 amide bonds. The highest BCUT2D eigenvalue weighted by Gasteiger charge is 2.58. The van der Waals surface area contributed by atoms with E-state index >= 15 is 4.39 Å². The van der Waals surface area contributed by atoms with E-state index in [0.717, 1.165) is 12.4 Å². The SMILES string of the molecule is CCc1ccc(-c2cc(C(F)(F)F)c3c(N)ncnn23)c(F)c1C(=O)N[C@@H]1CN(C(=O)C(C)(O)C(F)(F)F)C[C@@H]1F. The lowest BCUT2D eigenvalue weighted by molar-refractivity contribution is -0.249. The molecule has 3 heterocycles. The van der Waals surface area contributed by atoms with Crippen molar-refractivity contribution in [1.29, 1.82) is 0 Å². The molecule has 1 aliphatic rings. The highest BCUT2D eigenvalue weighted by Crippen LogP contribution is 2.40. The summed E-state index contributed by atoms with van der Waals surface area (Å²) in [5.41, 5.74) is -1.59. The zero-order valence-electron chi connectivity index (χ0n) is 21.2. The lowest BCUT2D eigenvalue weighted by atomic mass is 9.98. The zero-order valence-corrected chi connectivity index (χ0v) is 21.2. The highest BCUT2D eigenvalue weighted by molar-refractivity contribution is 5.98. The largest absolute Gasteiger partial charge is 0.426 e. The van der Waals surface area contributed by atoms with Crippen molar-refractivity contribution in [3.63, 3.8) is 0 Å². The monoisotopic (exact) mass is 594 g/mol. The van der Waals surface area contributed by atoms with Crippen LogP contribution < -0.4 is 11.1 Å². The molecular formula is C24H22F8N6O3. The molecule has 0 aliphatic carbocycles. The van der Waals surface area contributed by atoms with E-state index in [2.05, 4.69) is 15.4 Å². The quantitative estimate of drug-likeness (QED) is 0.390. The summed E-state index contributed by atoms with van der Waals surface area (Å²) in [5.74, 6) is -4.89. The first-order valence-corrected chi connectivity index (χ1v) is 11.9. The third kappa shape index (κ3) is 5.13. The van der Waals surface area contributed by atoms with Crippen LogP contribution in [0.1, 0.15) is 35.3 Å². The number of carbonyl (C=O) groups excluding carboxylic acids is 2. The molecule has 41 heavy (non-hydrogen) atoms. The van der Waals surface area contributed by atoms with Gasteiger partial charge in [-0.3, -0.25) is 9.59 Å². The second-order valence-electron chi connectivity index (χ2n) is 9.54. The summed E-state index contributed by atoms with van der Waals surface area (Å²) in [6.07, 6.45) is -11.5. The van der Waals surface area contributed by atoms with Crippen molar-refractivity contribution >= 4 is 23.1 Å². The number of nitrogens with two attached hydrogens (primary N) is 1. The van der Waals surface area contributed by atoms with Crippen molar-refractivity contribution in [2.45, 2.75) is 50.4 Å². The van der Waals surface area contributed by atoms with E-state index < -0.39 is 94.6 Å². The molecule has 2 aromatic heterocycles. The number of nitrogens with zero attached hydrogens (tertiary/aromatic N) is 4. The Morgan fingerprint density at radius 2 is 1.83 bits per heavy atom. The molecule has 1 aliphatic heterocycles. The number of amides is 2. The van der Waals surface area contributed by atoms with Gasteiger partial charge < -0.3 is 21.1 Å². The van der Waals surface area contributed by atoms with Crippen molar-refractivity contribution in [2.75, 3.05) is 18.8 Å². The van der Waals surface area contributed by atoms with Gasteiger partial charge in [0.05, 0.1) is 29.4 Å². The summed E-state index contributed by atoms with van der Waals surface area (Å²) in [6, 6.07) is 1.39. The van der Waals surface area contributed by atoms with E-state index in [1.165, 1.54) is 6.07 Å². The maximum Gasteiger partial charge on any atom is 0.426 e. The highest BCUT2D eigenvalue weighted by atomic mass is 19.4. The van der Waals surface area contributed by atoms with Crippen LogP contribution in [0.5, 0.6) is 0 Å². The van der Waals surface area contributed by atoms with Crippen molar-refractivity contribution in [2.24, 2.45) is 0 Å². The number of fused-ring (bicyclic) bond motifs is 1. The molecule has 1 saturated heterocycles. The predicted molar refractivity (Wildman–Crippen MR) is 127 cm³/mol. The van der Waals surface area contributed by atoms with Gasteiger partial charge in [0.1, 0.15) is 23.8 Å². The van der Waals surface area contributed by atoms with Crippen LogP contribution in [0.3, 0.4) is 0 Å². The third-order valence-electron chi connectivity index (χ3n) is 6.82. The molecule has 4 rings (SSSR count). The van der Waals surface area contributed by atoms with Gasteiger partial charge in [0.15, 0.2) is 5.82 Å². The second-order valence-corrected chi connectivity index (χ2v) is 9.54. The Bertz CT molecular complexity index is 1520. The first kappa shape index (κ1) is 30.0. The number of aliphatic hydroxyl groups is 1. The Hall–Kier alpha value is -4.02. The van der Waals surface area contributed by atoms with E-state index in [1.54, 1.807) is 6.92 Å². The van der Waals surface area contributed by atoms with Crippen LogP contribution in [0, 0.1) is 5.82 Å². The number of aryl methyl sites for hydroxylation is 1. The van der Waals surface area contributed by atoms with Gasteiger partial charge in [-0.2, -0.15) is 31.4 Å². The van der Waals surface area contributed by atoms with Gasteiger partial charge in [-0.05, 0) is 31.0 Å². The average molecular weight is 594 g/mol. The Kier molecular flexibility index (Phi) is 7.39. The number of alkyl halides is 7. The number of benzene rings is 1. The number of rotatable bonds is 5. The number of hydrogen-bond acceptors (Lipinski definition) is 6. The van der Waals surface area contributed by atoms with E-state index in [1.807, 2.05) is 0 Å². The Balaban J connectivity index is 1.70. The molecule has 1 aromatic carbocycles. The number of nitrogens with one attached hydrogen (secondary N) is 1. The van der Waals surface area contributed by atoms with E-state index in [9.17, 15) is 45.4 Å². The van der Waals surface area contributed by atoms with Gasteiger partial charge in [0.25, 0.3) is 11.8 Å². The number of hydrogen-bond donors (Lipinski definition) is 3. The molecule has 0 saturated carbocycles. The average Bonchev–Trinajstić information content (AvgIpc) is 3.44. The molecule has 3 atom stereocenters. The van der Waals surface area contributed by atoms with Crippen molar-refractivity contribution in [1.82, 2.24) is 24.8 Å². The molecule has 222 valence electrons. The summed E-state index contributed by atoms with van der Waals surface area (Å²) < 4.78 is 112. The fourth-order valence-electron chi connectivity index (χ4n) is 4.57. The van der Waals surface area contributed by atoms with Crippen LogP contribution in [0.15, 0.2) is 24.5 Å². The lowest BCUT2D eigenvalue weighted by Crippen LogP contribution is -2.56. The fraction of sp³-hybridized carbons (Fsp3) is 0.417. The summed E-state index contributed by atoms with van der Waals surface area (Å²) in [4.78, 5) is 29.3. The topological polar surface area (TPSA) is 126 Å². The molecule has 1 unspecified atom stereocenters. The van der Waals surface area contributed by atoms with Crippen LogP contribution in [0.4, 0.5) is 40.9 Å². The minimum absolute atomic E-state index is 0.0561. The molecule has 4 N–H and O–H groups in total. The van der Waals surface area contributed by atoms with Gasteiger partial charge >= 0.3 is 12.4 Å². The van der Waals surface area contributed by atoms with Crippen LogP contribution in [0.25, 0.3) is 16.8 Å². The lowest BCUT2D eigenvalue weighted by Gasteiger charge is -2.29. The van der Waals surface area contributed by atoms with Crippen LogP contribution >= 0.6 is 0 Å². The molecule has 1 fully saturated rings. The van der Waals surface area contributed by atoms with E-state index in [-0.39, 0.29) is 18.9 Å². The summed E-state index contributed by atoms with van der Waals surface area (Å²) >= 11 is 0. The number of nitrogen functional groups attached to an aromatic ring is 1. The number of carbonyl (C=O) groups is 2. The van der Waals surface area contributed by atoms with E-state index in [0.29, 0.717) is 15.5 Å². The minimum Gasteiger partial charge on any atom is -0.382 e. The molecule has 9 nitrogen and oxygen atoms in total. The Morgan fingerprint density at radius 3 is 2.41 bits per heavy atom. The normalized spacial score (nSPS) is 19.4.